The number of nitrogens with two attached hydrogens (primary N) is 1. The van der Waals surface area contributed by atoms with Gasteiger partial charge in [-0.05, 0) is 31.0 Å². The molecular formula is C12H19ClN2O2. The standard InChI is InChI=1S/C12H19ClN2O2/c1-3-12(6-16,7-17)15-11-5-9(13)10(14)4-8(11)2/h4-5,15-17H,3,6-7,14H2,1-2H3. The minimum atomic E-state index is -0.732. The van der Waals surface area contributed by atoms with Crippen LogP contribution in [-0.2, 0) is 0 Å². The highest BCUT2D eigenvalue weighted by Crippen LogP contribution is 2.29. The predicted octanol–water partition coefficient (Wildman–Crippen LogP) is 1.78. The summed E-state index contributed by atoms with van der Waals surface area (Å²) >= 11 is 5.95. The summed E-state index contributed by atoms with van der Waals surface area (Å²) in [6.07, 6.45) is 0.599. The van der Waals surface area contributed by atoms with Crippen molar-refractivity contribution in [2.45, 2.75) is 25.8 Å². The monoisotopic (exact) mass is 258 g/mol. The first-order chi connectivity index (χ1) is 7.98. The molecular weight excluding hydrogens is 240 g/mol. The molecule has 5 N–H and O–H groups in total. The fraction of sp³-hybridized carbons (Fsp3) is 0.500. The Morgan fingerprint density at radius 3 is 2.41 bits per heavy atom. The minimum absolute atomic E-state index is 0.151. The molecule has 0 bridgehead atoms. The number of nitrogens with one attached hydrogen (secondary N) is 1. The summed E-state index contributed by atoms with van der Waals surface area (Å²) in [5, 5.41) is 22.3. The van der Waals surface area contributed by atoms with Crippen molar-refractivity contribution in [2.75, 3.05) is 24.3 Å². The minimum Gasteiger partial charge on any atom is -0.398 e. The molecule has 4 nitrogen and oxygen atoms in total. The van der Waals surface area contributed by atoms with Gasteiger partial charge in [-0.15, -0.1) is 0 Å². The Morgan fingerprint density at radius 2 is 1.94 bits per heavy atom. The number of aliphatic hydroxyl groups excluding tert-OH is 2. The Morgan fingerprint density at radius 1 is 1.35 bits per heavy atom. The van der Waals surface area contributed by atoms with Gasteiger partial charge in [0.05, 0.1) is 29.5 Å². The third kappa shape index (κ3) is 3.03. The van der Waals surface area contributed by atoms with Crippen LogP contribution in [0.25, 0.3) is 0 Å². The number of rotatable bonds is 5. The van der Waals surface area contributed by atoms with E-state index in [9.17, 15) is 10.2 Å². The molecule has 17 heavy (non-hydrogen) atoms. The molecule has 1 rings (SSSR count). The second-order valence-electron chi connectivity index (χ2n) is 4.26. The SMILES string of the molecule is CCC(CO)(CO)Nc1cc(Cl)c(N)cc1C. The van der Waals surface area contributed by atoms with Gasteiger partial charge in [0.2, 0.25) is 0 Å². The topological polar surface area (TPSA) is 78.5 Å². The molecule has 0 unspecified atom stereocenters. The molecule has 5 heteroatoms. The van der Waals surface area contributed by atoms with Crippen LogP contribution in [0.5, 0.6) is 0 Å². The molecule has 0 amide bonds. The van der Waals surface area contributed by atoms with Crippen LogP contribution < -0.4 is 11.1 Å². The molecule has 0 saturated heterocycles. The van der Waals surface area contributed by atoms with Crippen LogP contribution in [0.2, 0.25) is 5.02 Å². The van der Waals surface area contributed by atoms with E-state index in [0.29, 0.717) is 17.1 Å². The molecule has 0 heterocycles. The number of aryl methyl sites for hydroxylation is 1. The summed E-state index contributed by atoms with van der Waals surface area (Å²) in [6.45, 7) is 3.49. The lowest BCUT2D eigenvalue weighted by atomic mass is 9.97. The second-order valence-corrected chi connectivity index (χ2v) is 4.67. The van der Waals surface area contributed by atoms with Crippen molar-refractivity contribution in [1.29, 1.82) is 0 Å². The zero-order valence-electron chi connectivity index (χ0n) is 10.1. The molecule has 0 aromatic heterocycles. The molecule has 0 radical (unpaired) electrons. The van der Waals surface area contributed by atoms with Crippen LogP contribution in [0.1, 0.15) is 18.9 Å². The van der Waals surface area contributed by atoms with Crippen molar-refractivity contribution in [2.24, 2.45) is 0 Å². The molecule has 96 valence electrons. The molecule has 0 aliphatic rings. The Labute approximate surface area is 106 Å². The zero-order chi connectivity index (χ0) is 13.1. The van der Waals surface area contributed by atoms with Gasteiger partial charge < -0.3 is 21.3 Å². The highest BCUT2D eigenvalue weighted by molar-refractivity contribution is 6.33. The Bertz CT molecular complexity index is 384. The van der Waals surface area contributed by atoms with Gasteiger partial charge in [-0.3, -0.25) is 0 Å². The average Bonchev–Trinajstić information content (AvgIpc) is 2.33. The number of halogens is 1. The van der Waals surface area contributed by atoms with E-state index in [2.05, 4.69) is 5.32 Å². The van der Waals surface area contributed by atoms with Crippen molar-refractivity contribution >= 4 is 23.0 Å². The second kappa shape index (κ2) is 5.58. The maximum absolute atomic E-state index is 9.37. The van der Waals surface area contributed by atoms with Crippen LogP contribution in [0, 0.1) is 6.92 Å². The number of hydrogen-bond acceptors (Lipinski definition) is 4. The molecule has 0 aliphatic heterocycles. The Hall–Kier alpha value is -0.970. The zero-order valence-corrected chi connectivity index (χ0v) is 10.9. The summed E-state index contributed by atoms with van der Waals surface area (Å²) < 4.78 is 0. The first kappa shape index (κ1) is 14.1. The van der Waals surface area contributed by atoms with Crippen molar-refractivity contribution in [3.63, 3.8) is 0 Å². The lowest BCUT2D eigenvalue weighted by molar-refractivity contribution is 0.132. The maximum Gasteiger partial charge on any atom is 0.0832 e. The first-order valence-electron chi connectivity index (χ1n) is 5.53. The lowest BCUT2D eigenvalue weighted by Gasteiger charge is -2.31. The highest BCUT2D eigenvalue weighted by Gasteiger charge is 2.26. The quantitative estimate of drug-likeness (QED) is 0.607. The highest BCUT2D eigenvalue weighted by atomic mass is 35.5. The summed E-state index contributed by atoms with van der Waals surface area (Å²) in [7, 11) is 0. The van der Waals surface area contributed by atoms with Crippen LogP contribution in [0.15, 0.2) is 12.1 Å². The largest absolute Gasteiger partial charge is 0.398 e. The number of aliphatic hydroxyl groups is 2. The van der Waals surface area contributed by atoms with Gasteiger partial charge in [0, 0.05) is 5.69 Å². The first-order valence-corrected chi connectivity index (χ1v) is 5.91. The van der Waals surface area contributed by atoms with E-state index < -0.39 is 5.54 Å². The van der Waals surface area contributed by atoms with Crippen molar-refractivity contribution in [3.8, 4) is 0 Å². The molecule has 1 aromatic rings. The maximum atomic E-state index is 9.37. The van der Waals surface area contributed by atoms with Crippen LogP contribution in [-0.4, -0.2) is 29.0 Å². The molecule has 0 spiro atoms. The molecule has 0 aliphatic carbocycles. The van der Waals surface area contributed by atoms with E-state index >= 15 is 0 Å². The number of benzene rings is 1. The fourth-order valence-corrected chi connectivity index (χ4v) is 1.73. The van der Waals surface area contributed by atoms with E-state index in [4.69, 9.17) is 17.3 Å². The number of anilines is 2. The van der Waals surface area contributed by atoms with E-state index in [-0.39, 0.29) is 13.2 Å². The Kier molecular flexibility index (Phi) is 4.62. The summed E-state index contributed by atoms with van der Waals surface area (Å²) in [5.74, 6) is 0. The van der Waals surface area contributed by atoms with Crippen molar-refractivity contribution in [3.05, 3.63) is 22.7 Å². The average molecular weight is 259 g/mol. The Balaban J connectivity index is 3.05. The molecule has 1 aromatic carbocycles. The van der Waals surface area contributed by atoms with Crippen LogP contribution >= 0.6 is 11.6 Å². The smallest absolute Gasteiger partial charge is 0.0832 e. The third-order valence-corrected chi connectivity index (χ3v) is 3.35. The van der Waals surface area contributed by atoms with Crippen LogP contribution in [0.3, 0.4) is 0 Å². The van der Waals surface area contributed by atoms with E-state index in [1.54, 1.807) is 12.1 Å². The normalized spacial score (nSPS) is 11.6. The summed E-state index contributed by atoms with van der Waals surface area (Å²) in [6, 6.07) is 3.47. The predicted molar refractivity (Wildman–Crippen MR) is 71.4 cm³/mol. The van der Waals surface area contributed by atoms with Gasteiger partial charge in [0.15, 0.2) is 0 Å². The van der Waals surface area contributed by atoms with Gasteiger partial charge in [-0.2, -0.15) is 0 Å². The van der Waals surface area contributed by atoms with E-state index in [1.807, 2.05) is 13.8 Å². The van der Waals surface area contributed by atoms with Gasteiger partial charge in [-0.1, -0.05) is 18.5 Å². The van der Waals surface area contributed by atoms with E-state index in [1.165, 1.54) is 0 Å². The van der Waals surface area contributed by atoms with Gasteiger partial charge >= 0.3 is 0 Å². The summed E-state index contributed by atoms with van der Waals surface area (Å²) in [4.78, 5) is 0. The van der Waals surface area contributed by atoms with Crippen molar-refractivity contribution in [1.82, 2.24) is 0 Å². The van der Waals surface area contributed by atoms with E-state index in [0.717, 1.165) is 11.3 Å². The summed E-state index contributed by atoms with van der Waals surface area (Å²) in [5.41, 5.74) is 7.17. The van der Waals surface area contributed by atoms with Gasteiger partial charge in [0.1, 0.15) is 0 Å². The number of hydrogen-bond donors (Lipinski definition) is 4. The van der Waals surface area contributed by atoms with Crippen molar-refractivity contribution < 1.29 is 10.2 Å². The van der Waals surface area contributed by atoms with Gasteiger partial charge in [-0.25, -0.2) is 0 Å². The lowest BCUT2D eigenvalue weighted by Crippen LogP contribution is -2.45. The number of nitrogen functional groups attached to an aromatic ring is 1. The van der Waals surface area contributed by atoms with Crippen LogP contribution in [0.4, 0.5) is 11.4 Å². The van der Waals surface area contributed by atoms with Gasteiger partial charge in [0.25, 0.3) is 0 Å². The third-order valence-electron chi connectivity index (χ3n) is 3.03. The molecule has 0 atom stereocenters. The fourth-order valence-electron chi connectivity index (χ4n) is 1.57. The molecule has 0 saturated carbocycles. The molecule has 0 fully saturated rings.